The fraction of sp³-hybridized carbons (Fsp3) is 0.400. The van der Waals surface area contributed by atoms with Crippen LogP contribution in [-0.2, 0) is 13.0 Å². The Labute approximate surface area is 183 Å². The number of rotatable bonds is 6. The molecule has 0 aliphatic carbocycles. The molecule has 0 radical (unpaired) electrons. The highest BCUT2D eigenvalue weighted by Crippen LogP contribution is 2.32. The maximum Gasteiger partial charge on any atom is 0.294 e. The minimum Gasteiger partial charge on any atom is -0.419 e. The van der Waals surface area contributed by atoms with E-state index in [9.17, 15) is 10.1 Å². The number of nitro benzene ring substituents is 1. The van der Waals surface area contributed by atoms with Gasteiger partial charge in [-0.05, 0) is 37.1 Å². The number of aryl methyl sites for hydroxylation is 2. The zero-order valence-electron chi connectivity index (χ0n) is 16.8. The Balaban J connectivity index is 1.39. The summed E-state index contributed by atoms with van der Waals surface area (Å²) in [4.78, 5) is 17.5. The zero-order chi connectivity index (χ0) is 21.3. The second-order valence-electron chi connectivity index (χ2n) is 7.22. The van der Waals surface area contributed by atoms with Gasteiger partial charge >= 0.3 is 0 Å². The van der Waals surface area contributed by atoms with Crippen LogP contribution in [0.5, 0.6) is 0 Å². The highest BCUT2D eigenvalue weighted by Gasteiger charge is 2.25. The average molecular weight is 448 g/mol. The van der Waals surface area contributed by atoms with Crippen LogP contribution in [0.2, 0.25) is 5.02 Å². The largest absolute Gasteiger partial charge is 0.419 e. The normalized spacial score (nSPS) is 15.0. The third-order valence-corrected chi connectivity index (χ3v) is 6.83. The van der Waals surface area contributed by atoms with Crippen LogP contribution in [0.1, 0.15) is 23.3 Å². The number of piperazine rings is 1. The van der Waals surface area contributed by atoms with E-state index in [4.69, 9.17) is 16.0 Å². The minimum atomic E-state index is -0.385. The van der Waals surface area contributed by atoms with Crippen molar-refractivity contribution in [3.05, 3.63) is 55.7 Å². The van der Waals surface area contributed by atoms with Gasteiger partial charge in [-0.1, -0.05) is 18.5 Å². The number of nitrogens with zero attached hydrogens (tertiary/aromatic N) is 5. The van der Waals surface area contributed by atoms with Gasteiger partial charge in [-0.2, -0.15) is 0 Å². The molecular formula is C20H22ClN5O3S. The van der Waals surface area contributed by atoms with Gasteiger partial charge in [-0.25, -0.2) is 0 Å². The summed E-state index contributed by atoms with van der Waals surface area (Å²) >= 11 is 7.62. The van der Waals surface area contributed by atoms with Crippen LogP contribution in [0.25, 0.3) is 10.8 Å². The average Bonchev–Trinajstić information content (AvgIpc) is 3.34. The molecule has 1 aromatic carbocycles. The highest BCUT2D eigenvalue weighted by molar-refractivity contribution is 7.15. The number of halogens is 1. The number of hydrogen-bond donors (Lipinski definition) is 0. The first-order chi connectivity index (χ1) is 14.4. The lowest BCUT2D eigenvalue weighted by Crippen LogP contribution is -2.46. The Kier molecular flexibility index (Phi) is 6.03. The molecule has 0 bridgehead atoms. The van der Waals surface area contributed by atoms with Gasteiger partial charge in [0.15, 0.2) is 0 Å². The molecule has 10 heteroatoms. The second kappa shape index (κ2) is 8.71. The molecule has 0 amide bonds. The molecule has 2 aromatic heterocycles. The van der Waals surface area contributed by atoms with E-state index in [-0.39, 0.29) is 10.6 Å². The summed E-state index contributed by atoms with van der Waals surface area (Å²) in [5.41, 5.74) is 1.89. The predicted octanol–water partition coefficient (Wildman–Crippen LogP) is 4.55. The molecule has 0 unspecified atom stereocenters. The molecular weight excluding hydrogens is 426 g/mol. The third kappa shape index (κ3) is 4.33. The van der Waals surface area contributed by atoms with Crippen molar-refractivity contribution in [3.63, 3.8) is 0 Å². The van der Waals surface area contributed by atoms with Crippen molar-refractivity contribution < 1.29 is 9.34 Å². The lowest BCUT2D eigenvalue weighted by atomic mass is 10.2. The molecule has 1 aliphatic rings. The van der Waals surface area contributed by atoms with Gasteiger partial charge in [0.05, 0.1) is 16.3 Å². The Morgan fingerprint density at radius 3 is 2.67 bits per heavy atom. The van der Waals surface area contributed by atoms with E-state index >= 15 is 0 Å². The van der Waals surface area contributed by atoms with Crippen LogP contribution < -0.4 is 4.90 Å². The first-order valence-corrected chi connectivity index (χ1v) is 11.0. The van der Waals surface area contributed by atoms with Gasteiger partial charge in [-0.15, -0.1) is 21.5 Å². The van der Waals surface area contributed by atoms with Crippen LogP contribution >= 0.6 is 22.9 Å². The number of nitro groups is 1. The van der Waals surface area contributed by atoms with E-state index in [2.05, 4.69) is 35.0 Å². The molecule has 1 saturated heterocycles. The summed E-state index contributed by atoms with van der Waals surface area (Å²) in [6.07, 6.45) is 0.994. The van der Waals surface area contributed by atoms with Gasteiger partial charge in [-0.3, -0.25) is 15.0 Å². The van der Waals surface area contributed by atoms with Gasteiger partial charge in [0.2, 0.25) is 5.89 Å². The number of benzene rings is 1. The molecule has 1 aliphatic heterocycles. The summed E-state index contributed by atoms with van der Waals surface area (Å²) < 4.78 is 5.89. The Morgan fingerprint density at radius 2 is 2.00 bits per heavy atom. The van der Waals surface area contributed by atoms with Crippen LogP contribution in [0.3, 0.4) is 0 Å². The number of aromatic nitrogens is 2. The third-order valence-electron chi connectivity index (χ3n) is 5.23. The number of thiophene rings is 1. The molecule has 0 spiro atoms. The second-order valence-corrected chi connectivity index (χ2v) is 8.80. The van der Waals surface area contributed by atoms with E-state index in [0.717, 1.165) is 24.4 Å². The topological polar surface area (TPSA) is 88.5 Å². The zero-order valence-corrected chi connectivity index (χ0v) is 18.4. The molecule has 0 N–H and O–H groups in total. The lowest BCUT2D eigenvalue weighted by molar-refractivity contribution is -0.384. The monoisotopic (exact) mass is 447 g/mol. The van der Waals surface area contributed by atoms with Gasteiger partial charge in [0.25, 0.3) is 11.6 Å². The van der Waals surface area contributed by atoms with Crippen molar-refractivity contribution in [2.24, 2.45) is 0 Å². The summed E-state index contributed by atoms with van der Waals surface area (Å²) in [5, 5.41) is 20.1. The molecule has 158 valence electrons. The van der Waals surface area contributed by atoms with E-state index in [1.54, 1.807) is 23.5 Å². The van der Waals surface area contributed by atoms with Crippen LogP contribution in [0.15, 0.2) is 28.7 Å². The molecule has 0 atom stereocenters. The summed E-state index contributed by atoms with van der Waals surface area (Å²) in [6.45, 7) is 7.64. The molecule has 3 aromatic rings. The summed E-state index contributed by atoms with van der Waals surface area (Å²) in [7, 11) is 0. The fourth-order valence-electron chi connectivity index (χ4n) is 3.64. The highest BCUT2D eigenvalue weighted by atomic mass is 35.5. The van der Waals surface area contributed by atoms with Crippen LogP contribution in [-0.4, -0.2) is 46.2 Å². The van der Waals surface area contributed by atoms with Crippen LogP contribution in [0.4, 0.5) is 11.4 Å². The summed E-state index contributed by atoms with van der Waals surface area (Å²) in [6, 6.07) is 6.90. The maximum atomic E-state index is 11.4. The van der Waals surface area contributed by atoms with E-state index in [1.807, 2.05) is 4.90 Å². The molecule has 3 heterocycles. The first kappa shape index (κ1) is 20.8. The lowest BCUT2D eigenvalue weighted by Gasteiger charge is -2.35. The number of hydrogen-bond acceptors (Lipinski definition) is 8. The number of anilines is 1. The Morgan fingerprint density at radius 1 is 1.23 bits per heavy atom. The van der Waals surface area contributed by atoms with E-state index in [1.165, 1.54) is 16.5 Å². The van der Waals surface area contributed by atoms with Crippen molar-refractivity contribution in [2.45, 2.75) is 26.8 Å². The maximum absolute atomic E-state index is 11.4. The summed E-state index contributed by atoms with van der Waals surface area (Å²) in [5.74, 6) is 1.15. The molecule has 4 rings (SSSR count). The molecule has 30 heavy (non-hydrogen) atoms. The quantitative estimate of drug-likeness (QED) is 0.404. The van der Waals surface area contributed by atoms with Gasteiger partial charge < -0.3 is 9.32 Å². The molecule has 8 nitrogen and oxygen atoms in total. The van der Waals surface area contributed by atoms with E-state index < -0.39 is 0 Å². The van der Waals surface area contributed by atoms with Crippen molar-refractivity contribution in [2.75, 3.05) is 31.1 Å². The smallest absolute Gasteiger partial charge is 0.294 e. The van der Waals surface area contributed by atoms with Crippen molar-refractivity contribution >= 4 is 34.3 Å². The van der Waals surface area contributed by atoms with Gasteiger partial charge in [0.1, 0.15) is 5.69 Å². The first-order valence-electron chi connectivity index (χ1n) is 9.78. The minimum absolute atomic E-state index is 0.0372. The van der Waals surface area contributed by atoms with Crippen molar-refractivity contribution in [1.82, 2.24) is 15.1 Å². The molecule has 1 fully saturated rings. The SMILES string of the molecule is CCc1sc(-c2nnc(CN3CCN(c4ccc(Cl)cc4[N+](=O)[O-])CC3)o2)cc1C. The van der Waals surface area contributed by atoms with Gasteiger partial charge in [0, 0.05) is 42.1 Å². The van der Waals surface area contributed by atoms with Crippen LogP contribution in [0, 0.1) is 17.0 Å². The van der Waals surface area contributed by atoms with Crippen molar-refractivity contribution in [3.8, 4) is 10.8 Å². The fourth-order valence-corrected chi connectivity index (χ4v) is 4.84. The van der Waals surface area contributed by atoms with E-state index in [0.29, 0.717) is 42.1 Å². The molecule has 0 saturated carbocycles. The standard InChI is InChI=1S/C20H22ClN5O3S/c1-3-17-13(2)10-18(30-17)20-23-22-19(29-20)12-24-6-8-25(9-7-24)15-5-4-14(21)11-16(15)26(27)28/h4-5,10-11H,3,6-9,12H2,1-2H3. The Hall–Kier alpha value is -2.49. The van der Waals surface area contributed by atoms with Crippen molar-refractivity contribution in [1.29, 1.82) is 0 Å². The predicted molar refractivity (Wildman–Crippen MR) is 117 cm³/mol. The Bertz CT molecular complexity index is 1060.